The number of hydrogen-bond donors (Lipinski definition) is 1. The highest BCUT2D eigenvalue weighted by atomic mass is 16.5. The lowest BCUT2D eigenvalue weighted by Gasteiger charge is -2.34. The maximum Gasteiger partial charge on any atom is 0.407 e. The summed E-state index contributed by atoms with van der Waals surface area (Å²) in [6.07, 6.45) is 2.89. The molecule has 0 saturated carbocycles. The first-order valence-electron chi connectivity index (χ1n) is 7.44. The van der Waals surface area contributed by atoms with Crippen LogP contribution >= 0.6 is 0 Å². The van der Waals surface area contributed by atoms with Gasteiger partial charge in [0.1, 0.15) is 6.61 Å². The largest absolute Gasteiger partial charge is 0.445 e. The highest BCUT2D eigenvalue weighted by Gasteiger charge is 2.21. The van der Waals surface area contributed by atoms with Crippen molar-refractivity contribution in [1.29, 1.82) is 0 Å². The molecular weight excluding hydrogens is 286 g/mol. The summed E-state index contributed by atoms with van der Waals surface area (Å²) in [5.41, 5.74) is 0. The molecule has 0 aromatic rings. The zero-order chi connectivity index (χ0) is 16.4. The summed E-state index contributed by atoms with van der Waals surface area (Å²) in [6, 6.07) is 0. The average molecular weight is 310 g/mol. The van der Waals surface area contributed by atoms with Gasteiger partial charge in [0.25, 0.3) is 0 Å². The van der Waals surface area contributed by atoms with Crippen molar-refractivity contribution >= 4 is 17.9 Å². The van der Waals surface area contributed by atoms with E-state index in [0.717, 1.165) is 0 Å². The third kappa shape index (κ3) is 6.60. The zero-order valence-corrected chi connectivity index (χ0v) is 12.9. The molecule has 1 heterocycles. The quantitative estimate of drug-likeness (QED) is 0.551. The fourth-order valence-electron chi connectivity index (χ4n) is 2.14. The molecule has 1 aliphatic rings. The summed E-state index contributed by atoms with van der Waals surface area (Å²) < 4.78 is 4.76. The van der Waals surface area contributed by atoms with Gasteiger partial charge in [0.05, 0.1) is 0 Å². The van der Waals surface area contributed by atoms with Crippen molar-refractivity contribution in [1.82, 2.24) is 15.1 Å². The lowest BCUT2D eigenvalue weighted by Crippen LogP contribution is -2.50. The Labute approximate surface area is 131 Å². The molecular formula is C15H24N3O4. The molecule has 1 saturated heterocycles. The van der Waals surface area contributed by atoms with Crippen LogP contribution in [0.15, 0.2) is 12.7 Å². The van der Waals surface area contributed by atoms with Crippen LogP contribution in [0.25, 0.3) is 0 Å². The van der Waals surface area contributed by atoms with Crippen LogP contribution in [-0.2, 0) is 14.3 Å². The molecule has 0 atom stereocenters. The molecule has 3 amide bonds. The van der Waals surface area contributed by atoms with E-state index in [2.05, 4.69) is 18.8 Å². The molecule has 1 N–H and O–H groups in total. The second-order valence-corrected chi connectivity index (χ2v) is 5.03. The molecule has 1 fully saturated rings. The van der Waals surface area contributed by atoms with Crippen LogP contribution in [0.1, 0.15) is 19.3 Å². The molecule has 22 heavy (non-hydrogen) atoms. The van der Waals surface area contributed by atoms with Crippen LogP contribution in [0.4, 0.5) is 4.79 Å². The molecule has 123 valence electrons. The number of rotatable bonds is 7. The van der Waals surface area contributed by atoms with Gasteiger partial charge < -0.3 is 19.9 Å². The number of ether oxygens (including phenoxy) is 1. The molecule has 1 radical (unpaired) electrons. The van der Waals surface area contributed by atoms with Crippen molar-refractivity contribution in [2.24, 2.45) is 0 Å². The summed E-state index contributed by atoms with van der Waals surface area (Å²) in [6.45, 7) is 9.70. The minimum atomic E-state index is -0.472. The van der Waals surface area contributed by atoms with E-state index < -0.39 is 6.09 Å². The molecule has 0 bridgehead atoms. The fraction of sp³-hybridized carbons (Fsp3) is 0.600. The van der Waals surface area contributed by atoms with Crippen molar-refractivity contribution in [2.75, 3.05) is 39.3 Å². The minimum Gasteiger partial charge on any atom is -0.445 e. The molecule has 0 aliphatic carbocycles. The van der Waals surface area contributed by atoms with Crippen molar-refractivity contribution < 1.29 is 19.1 Å². The molecule has 7 heteroatoms. The van der Waals surface area contributed by atoms with Crippen LogP contribution in [0.3, 0.4) is 0 Å². The standard InChI is InChI=1S/C15H24N3O4/c1-3-12-22-15(21)16-7-5-4-6-14(20)18-10-8-17(9-11-18)13(2)19/h3H,1-2,4-12H2,(H,16,21). The second kappa shape index (κ2) is 9.81. The summed E-state index contributed by atoms with van der Waals surface area (Å²) in [5, 5.41) is 2.60. The average Bonchev–Trinajstić information content (AvgIpc) is 2.52. The van der Waals surface area contributed by atoms with Gasteiger partial charge in [-0.05, 0) is 12.8 Å². The Morgan fingerprint density at radius 1 is 1.09 bits per heavy atom. The fourth-order valence-corrected chi connectivity index (χ4v) is 2.14. The lowest BCUT2D eigenvalue weighted by molar-refractivity contribution is -0.137. The van der Waals surface area contributed by atoms with Gasteiger partial charge in [-0.2, -0.15) is 0 Å². The summed E-state index contributed by atoms with van der Waals surface area (Å²) in [5.74, 6) is -0.105. The SMILES string of the molecule is [CH2]C(=O)N1CCN(C(=O)CCCCNC(=O)OCC=C)CC1. The summed E-state index contributed by atoms with van der Waals surface area (Å²) in [4.78, 5) is 37.6. The number of unbranched alkanes of at least 4 members (excludes halogenated alkanes) is 1. The highest BCUT2D eigenvalue weighted by Crippen LogP contribution is 2.06. The monoisotopic (exact) mass is 310 g/mol. The molecule has 1 rings (SSSR count). The molecule has 7 nitrogen and oxygen atoms in total. The Hall–Kier alpha value is -2.05. The molecule has 1 aliphatic heterocycles. The van der Waals surface area contributed by atoms with Gasteiger partial charge in [0, 0.05) is 46.1 Å². The first kappa shape index (κ1) is 18.0. The van der Waals surface area contributed by atoms with Gasteiger partial charge in [-0.15, -0.1) is 0 Å². The maximum atomic E-state index is 12.0. The molecule has 0 aromatic carbocycles. The van der Waals surface area contributed by atoms with Gasteiger partial charge in [-0.25, -0.2) is 4.79 Å². The number of carbonyl (C=O) groups is 3. The lowest BCUT2D eigenvalue weighted by atomic mass is 10.2. The van der Waals surface area contributed by atoms with Gasteiger partial charge in [-0.1, -0.05) is 12.7 Å². The van der Waals surface area contributed by atoms with Gasteiger partial charge in [0.15, 0.2) is 0 Å². The summed E-state index contributed by atoms with van der Waals surface area (Å²) in [7, 11) is 0. The van der Waals surface area contributed by atoms with E-state index in [1.54, 1.807) is 9.80 Å². The van der Waals surface area contributed by atoms with Crippen LogP contribution < -0.4 is 5.32 Å². The normalized spacial score (nSPS) is 14.4. The Balaban J connectivity index is 2.08. The summed E-state index contributed by atoms with van der Waals surface area (Å²) >= 11 is 0. The van der Waals surface area contributed by atoms with Crippen molar-refractivity contribution in [3.8, 4) is 0 Å². The van der Waals surface area contributed by atoms with Crippen LogP contribution in [0.5, 0.6) is 0 Å². The first-order chi connectivity index (χ1) is 10.5. The molecule has 0 spiro atoms. The van der Waals surface area contributed by atoms with E-state index in [9.17, 15) is 14.4 Å². The maximum absolute atomic E-state index is 12.0. The number of nitrogens with zero attached hydrogens (tertiary/aromatic N) is 2. The van der Waals surface area contributed by atoms with Crippen LogP contribution in [0, 0.1) is 6.92 Å². The third-order valence-corrected chi connectivity index (χ3v) is 3.40. The number of piperazine rings is 1. The highest BCUT2D eigenvalue weighted by molar-refractivity contribution is 5.81. The predicted molar refractivity (Wildman–Crippen MR) is 81.9 cm³/mol. The van der Waals surface area contributed by atoms with E-state index in [0.29, 0.717) is 52.0 Å². The van der Waals surface area contributed by atoms with E-state index in [4.69, 9.17) is 4.74 Å². The number of carbonyl (C=O) groups excluding carboxylic acids is 3. The number of nitrogens with one attached hydrogen (secondary N) is 1. The first-order valence-corrected chi connectivity index (χ1v) is 7.44. The molecule has 0 aromatic heterocycles. The number of hydrogen-bond acceptors (Lipinski definition) is 4. The van der Waals surface area contributed by atoms with E-state index >= 15 is 0 Å². The van der Waals surface area contributed by atoms with Gasteiger partial charge in [0.2, 0.25) is 11.8 Å². The van der Waals surface area contributed by atoms with E-state index in [1.165, 1.54) is 6.08 Å². The van der Waals surface area contributed by atoms with E-state index in [1.807, 2.05) is 0 Å². The van der Waals surface area contributed by atoms with Crippen molar-refractivity contribution in [2.45, 2.75) is 19.3 Å². The zero-order valence-electron chi connectivity index (χ0n) is 12.9. The third-order valence-electron chi connectivity index (χ3n) is 3.40. The van der Waals surface area contributed by atoms with Crippen LogP contribution in [-0.4, -0.2) is 67.0 Å². The van der Waals surface area contributed by atoms with Crippen LogP contribution in [0.2, 0.25) is 0 Å². The topological polar surface area (TPSA) is 79.0 Å². The van der Waals surface area contributed by atoms with Gasteiger partial charge in [-0.3, -0.25) is 9.59 Å². The minimum absolute atomic E-state index is 0.0883. The van der Waals surface area contributed by atoms with E-state index in [-0.39, 0.29) is 18.4 Å². The Kier molecular flexibility index (Phi) is 8.03. The number of amides is 3. The Bertz CT molecular complexity index is 404. The second-order valence-electron chi connectivity index (χ2n) is 5.03. The predicted octanol–water partition coefficient (Wildman–Crippen LogP) is 0.574. The smallest absolute Gasteiger partial charge is 0.407 e. The Morgan fingerprint density at radius 2 is 1.73 bits per heavy atom. The van der Waals surface area contributed by atoms with Crippen molar-refractivity contribution in [3.63, 3.8) is 0 Å². The van der Waals surface area contributed by atoms with Gasteiger partial charge >= 0.3 is 6.09 Å². The molecule has 0 unspecified atom stereocenters. The number of alkyl carbamates (subject to hydrolysis) is 1. The van der Waals surface area contributed by atoms with Crippen molar-refractivity contribution in [3.05, 3.63) is 19.6 Å². The Morgan fingerprint density at radius 3 is 2.32 bits per heavy atom.